The highest BCUT2D eigenvalue weighted by Crippen LogP contribution is 2.32. The first-order valence-electron chi connectivity index (χ1n) is 15.7. The molecule has 0 fully saturated rings. The molecule has 7 nitrogen and oxygen atoms in total. The van der Waals surface area contributed by atoms with E-state index in [1.807, 2.05) is 55.5 Å². The molecule has 1 aliphatic heterocycles. The number of anilines is 2. The van der Waals surface area contributed by atoms with Gasteiger partial charge in [-0.1, -0.05) is 107 Å². The maximum Gasteiger partial charge on any atom is 0.294 e. The average molecular weight is 584 g/mol. The second-order valence-electron chi connectivity index (χ2n) is 11.2. The maximum absolute atomic E-state index is 13.8. The lowest BCUT2D eigenvalue weighted by molar-refractivity contribution is -0.121. The van der Waals surface area contributed by atoms with Crippen LogP contribution in [0.1, 0.15) is 89.2 Å². The number of amides is 2. The normalized spacial score (nSPS) is 14.5. The number of carbonyl (C=O) groups is 2. The number of hydrogen-bond donors (Lipinski definition) is 1. The second kappa shape index (κ2) is 16.5. The summed E-state index contributed by atoms with van der Waals surface area (Å²) in [7, 11) is 0. The molecule has 1 heterocycles. The van der Waals surface area contributed by atoms with E-state index in [0.717, 1.165) is 29.7 Å². The van der Waals surface area contributed by atoms with Crippen LogP contribution in [-0.4, -0.2) is 30.2 Å². The third-order valence-corrected chi connectivity index (χ3v) is 7.50. The van der Waals surface area contributed by atoms with E-state index in [0.29, 0.717) is 29.4 Å². The largest absolute Gasteiger partial charge is 0.494 e. The van der Waals surface area contributed by atoms with E-state index >= 15 is 0 Å². The molecule has 43 heavy (non-hydrogen) atoms. The van der Waals surface area contributed by atoms with Gasteiger partial charge in [-0.05, 0) is 49.7 Å². The number of hydrogen-bond acceptors (Lipinski definition) is 5. The molecule has 0 aliphatic carbocycles. The van der Waals surface area contributed by atoms with Gasteiger partial charge in [0.1, 0.15) is 17.2 Å². The average Bonchev–Trinajstić information content (AvgIpc) is 3.32. The number of rotatable bonds is 17. The molecule has 0 radical (unpaired) electrons. The van der Waals surface area contributed by atoms with E-state index in [9.17, 15) is 9.59 Å². The minimum atomic E-state index is -0.967. The predicted octanol–water partition coefficient (Wildman–Crippen LogP) is 8.45. The third-order valence-electron chi connectivity index (χ3n) is 7.50. The zero-order chi connectivity index (χ0) is 30.4. The van der Waals surface area contributed by atoms with Crippen LogP contribution in [0, 0.1) is 6.92 Å². The Bertz CT molecular complexity index is 1370. The molecule has 0 aromatic heterocycles. The van der Waals surface area contributed by atoms with Crippen LogP contribution in [0.4, 0.5) is 11.4 Å². The van der Waals surface area contributed by atoms with Gasteiger partial charge < -0.3 is 14.8 Å². The minimum absolute atomic E-state index is 0.233. The van der Waals surface area contributed by atoms with Gasteiger partial charge in [0.05, 0.1) is 18.0 Å². The lowest BCUT2D eigenvalue weighted by Gasteiger charge is -2.18. The van der Waals surface area contributed by atoms with E-state index in [-0.39, 0.29) is 11.8 Å². The van der Waals surface area contributed by atoms with Crippen LogP contribution in [-0.2, 0) is 9.59 Å². The molecule has 4 rings (SSSR count). The van der Waals surface area contributed by atoms with Gasteiger partial charge in [-0.25, -0.2) is 0 Å². The summed E-state index contributed by atoms with van der Waals surface area (Å²) in [5.41, 5.74) is 3.29. The fourth-order valence-corrected chi connectivity index (χ4v) is 5.16. The molecule has 228 valence electrons. The Balaban J connectivity index is 1.44. The van der Waals surface area contributed by atoms with Gasteiger partial charge in [0, 0.05) is 12.5 Å². The van der Waals surface area contributed by atoms with Crippen LogP contribution in [0.25, 0.3) is 0 Å². The highest BCUT2D eigenvalue weighted by Gasteiger charge is 2.40. The maximum atomic E-state index is 13.8. The van der Waals surface area contributed by atoms with Gasteiger partial charge in [-0.15, -0.1) is 0 Å². The molecule has 3 aromatic rings. The van der Waals surface area contributed by atoms with Crippen LogP contribution in [0.2, 0.25) is 0 Å². The number of unbranched alkanes of at least 4 members (excludes halogenated alkanes) is 9. The first kappa shape index (κ1) is 31.8. The van der Waals surface area contributed by atoms with Gasteiger partial charge in [-0.3, -0.25) is 9.59 Å². The molecular weight excluding hydrogens is 538 g/mol. The van der Waals surface area contributed by atoms with Crippen molar-refractivity contribution >= 4 is 28.9 Å². The fraction of sp³-hybridized carbons (Fsp3) is 0.417. The molecule has 1 unspecified atom stereocenters. The van der Waals surface area contributed by atoms with Gasteiger partial charge >= 0.3 is 0 Å². The molecule has 0 saturated heterocycles. The van der Waals surface area contributed by atoms with Crippen LogP contribution < -0.4 is 19.8 Å². The van der Waals surface area contributed by atoms with Gasteiger partial charge in [0.2, 0.25) is 12.0 Å². The lowest BCUT2D eigenvalue weighted by atomic mass is 10.0. The van der Waals surface area contributed by atoms with E-state index in [1.165, 1.54) is 63.3 Å². The first-order valence-corrected chi connectivity index (χ1v) is 15.7. The molecular formula is C36H45N3O4. The van der Waals surface area contributed by atoms with Crippen molar-refractivity contribution in [1.82, 2.24) is 0 Å². The van der Waals surface area contributed by atoms with Crippen LogP contribution >= 0.6 is 0 Å². The molecule has 1 N–H and O–H groups in total. The standard InChI is InChI=1S/C36H45N3O4/c1-4-5-6-7-8-9-10-11-12-15-25-42-31-18-16-17-29(26-31)34-35(43-30-23-21-27(2)22-24-30)36(41)39(38-34)33-20-14-13-19-32(33)37-28(3)40/h13-14,16-24,26,35H,4-12,15,25H2,1-3H3,(H,37,40). The number of nitrogens with one attached hydrogen (secondary N) is 1. The molecule has 1 aliphatic rings. The Morgan fingerprint density at radius 1 is 0.837 bits per heavy atom. The molecule has 3 aromatic carbocycles. The Labute approximate surface area is 256 Å². The molecule has 1 atom stereocenters. The van der Waals surface area contributed by atoms with Crippen molar-refractivity contribution in [2.75, 3.05) is 16.9 Å². The number of hydrazone groups is 1. The van der Waals surface area contributed by atoms with Crippen molar-refractivity contribution in [3.05, 3.63) is 83.9 Å². The van der Waals surface area contributed by atoms with Crippen molar-refractivity contribution in [2.24, 2.45) is 5.10 Å². The lowest BCUT2D eigenvalue weighted by Crippen LogP contribution is -2.37. The van der Waals surface area contributed by atoms with Gasteiger partial charge in [0.25, 0.3) is 5.91 Å². The molecule has 7 heteroatoms. The molecule has 0 saturated carbocycles. The predicted molar refractivity (Wildman–Crippen MR) is 174 cm³/mol. The van der Waals surface area contributed by atoms with Crippen molar-refractivity contribution in [3.8, 4) is 11.5 Å². The Morgan fingerprint density at radius 3 is 2.21 bits per heavy atom. The minimum Gasteiger partial charge on any atom is -0.494 e. The number of carbonyl (C=O) groups excluding carboxylic acids is 2. The summed E-state index contributed by atoms with van der Waals surface area (Å²) in [6.07, 6.45) is 11.8. The Kier molecular flexibility index (Phi) is 12.2. The number of aryl methyl sites for hydroxylation is 1. The smallest absolute Gasteiger partial charge is 0.294 e. The zero-order valence-corrected chi connectivity index (χ0v) is 25.8. The zero-order valence-electron chi connectivity index (χ0n) is 25.8. The molecule has 2 amide bonds. The van der Waals surface area contributed by atoms with E-state index < -0.39 is 6.10 Å². The fourth-order valence-electron chi connectivity index (χ4n) is 5.16. The number of nitrogens with zero attached hydrogens (tertiary/aromatic N) is 2. The SMILES string of the molecule is CCCCCCCCCCCCOc1cccc(C2=NN(c3ccccc3NC(C)=O)C(=O)C2Oc2ccc(C)cc2)c1. The Morgan fingerprint density at radius 2 is 1.51 bits per heavy atom. The second-order valence-corrected chi connectivity index (χ2v) is 11.2. The number of para-hydroxylation sites is 2. The molecule has 0 bridgehead atoms. The molecule has 0 spiro atoms. The quantitative estimate of drug-likeness (QED) is 0.162. The number of benzene rings is 3. The third kappa shape index (κ3) is 9.43. The van der Waals surface area contributed by atoms with Crippen molar-refractivity contribution in [3.63, 3.8) is 0 Å². The monoisotopic (exact) mass is 583 g/mol. The highest BCUT2D eigenvalue weighted by atomic mass is 16.5. The van der Waals surface area contributed by atoms with E-state index in [2.05, 4.69) is 12.2 Å². The summed E-state index contributed by atoms with van der Waals surface area (Å²) >= 11 is 0. The van der Waals surface area contributed by atoms with Gasteiger partial charge in [-0.2, -0.15) is 10.1 Å². The highest BCUT2D eigenvalue weighted by molar-refractivity contribution is 6.24. The van der Waals surface area contributed by atoms with Crippen molar-refractivity contribution in [2.45, 2.75) is 91.1 Å². The summed E-state index contributed by atoms with van der Waals surface area (Å²) in [5.74, 6) is 0.727. The van der Waals surface area contributed by atoms with E-state index in [4.69, 9.17) is 14.6 Å². The Hall–Kier alpha value is -4.13. The summed E-state index contributed by atoms with van der Waals surface area (Å²) in [6.45, 7) is 6.33. The van der Waals surface area contributed by atoms with E-state index in [1.54, 1.807) is 24.3 Å². The van der Waals surface area contributed by atoms with Gasteiger partial charge in [0.15, 0.2) is 0 Å². The van der Waals surface area contributed by atoms with Crippen LogP contribution in [0.5, 0.6) is 11.5 Å². The summed E-state index contributed by atoms with van der Waals surface area (Å²) in [6, 6.07) is 22.3. The van der Waals surface area contributed by atoms with Crippen molar-refractivity contribution in [1.29, 1.82) is 0 Å². The van der Waals surface area contributed by atoms with Crippen LogP contribution in [0.15, 0.2) is 77.9 Å². The van der Waals surface area contributed by atoms with Crippen LogP contribution in [0.3, 0.4) is 0 Å². The summed E-state index contributed by atoms with van der Waals surface area (Å²) < 4.78 is 12.3. The first-order chi connectivity index (χ1) is 21.0. The van der Waals surface area contributed by atoms with Crippen molar-refractivity contribution < 1.29 is 19.1 Å². The summed E-state index contributed by atoms with van der Waals surface area (Å²) in [5, 5.41) is 8.86. The summed E-state index contributed by atoms with van der Waals surface area (Å²) in [4.78, 5) is 25.7. The number of ether oxygens (including phenoxy) is 2. The topological polar surface area (TPSA) is 80.2 Å².